The number of nitrogens with one attached hydrogen (secondary N) is 1. The second-order valence-corrected chi connectivity index (χ2v) is 6.44. The summed E-state index contributed by atoms with van der Waals surface area (Å²) in [5.74, 6) is 0.941. The van der Waals surface area contributed by atoms with Gasteiger partial charge < -0.3 is 15.1 Å². The highest BCUT2D eigenvalue weighted by Gasteiger charge is 2.18. The molecule has 3 nitrogen and oxygen atoms in total. The summed E-state index contributed by atoms with van der Waals surface area (Å²) in [5.41, 5.74) is 0. The first-order chi connectivity index (χ1) is 8.74. The van der Waals surface area contributed by atoms with Crippen LogP contribution in [0.3, 0.4) is 0 Å². The molecule has 2 saturated heterocycles. The minimum absolute atomic E-state index is 0.821. The van der Waals surface area contributed by atoms with Gasteiger partial charge in [0, 0.05) is 12.6 Å². The van der Waals surface area contributed by atoms with Gasteiger partial charge >= 0.3 is 0 Å². The minimum atomic E-state index is 0.821. The fourth-order valence-electron chi connectivity index (χ4n) is 3.39. The maximum absolute atomic E-state index is 3.59. The van der Waals surface area contributed by atoms with E-state index in [0.29, 0.717) is 0 Å². The second kappa shape index (κ2) is 7.46. The van der Waals surface area contributed by atoms with Crippen molar-refractivity contribution in [3.63, 3.8) is 0 Å². The van der Waals surface area contributed by atoms with E-state index in [1.165, 1.54) is 71.2 Å². The molecule has 1 unspecified atom stereocenters. The third-order valence-corrected chi connectivity index (χ3v) is 4.66. The van der Waals surface area contributed by atoms with Crippen LogP contribution in [-0.4, -0.2) is 62.7 Å². The summed E-state index contributed by atoms with van der Waals surface area (Å²) in [4.78, 5) is 5.02. The van der Waals surface area contributed by atoms with Crippen molar-refractivity contribution in [2.45, 2.75) is 44.6 Å². The summed E-state index contributed by atoms with van der Waals surface area (Å²) in [5, 5.41) is 3.59. The van der Waals surface area contributed by atoms with Gasteiger partial charge in [-0.3, -0.25) is 0 Å². The van der Waals surface area contributed by atoms with Crippen LogP contribution in [0.5, 0.6) is 0 Å². The molecule has 0 aromatic rings. The molecule has 0 radical (unpaired) electrons. The normalized spacial score (nSPS) is 27.2. The molecule has 2 rings (SSSR count). The Morgan fingerprint density at radius 3 is 2.67 bits per heavy atom. The number of piperidine rings is 1. The quantitative estimate of drug-likeness (QED) is 0.778. The summed E-state index contributed by atoms with van der Waals surface area (Å²) in [6, 6.07) is 0.821. The number of nitrogens with zero attached hydrogens (tertiary/aromatic N) is 2. The number of hydrogen-bond acceptors (Lipinski definition) is 3. The van der Waals surface area contributed by atoms with Gasteiger partial charge in [-0.2, -0.15) is 0 Å². The van der Waals surface area contributed by atoms with Crippen LogP contribution in [0.2, 0.25) is 0 Å². The zero-order valence-electron chi connectivity index (χ0n) is 12.3. The fourth-order valence-corrected chi connectivity index (χ4v) is 3.39. The smallest absolute Gasteiger partial charge is 0.00680 e. The van der Waals surface area contributed by atoms with Gasteiger partial charge in [0.1, 0.15) is 0 Å². The lowest BCUT2D eigenvalue weighted by molar-refractivity contribution is 0.174. The van der Waals surface area contributed by atoms with Gasteiger partial charge in [-0.05, 0) is 84.7 Å². The number of likely N-dealkylation sites (tertiary alicyclic amines) is 1. The summed E-state index contributed by atoms with van der Waals surface area (Å²) in [6.07, 6.45) is 8.31. The van der Waals surface area contributed by atoms with Crippen LogP contribution in [0.4, 0.5) is 0 Å². The van der Waals surface area contributed by atoms with E-state index in [-0.39, 0.29) is 0 Å². The number of rotatable bonds is 6. The highest BCUT2D eigenvalue weighted by Crippen LogP contribution is 2.17. The Bertz CT molecular complexity index is 218. The van der Waals surface area contributed by atoms with Crippen LogP contribution < -0.4 is 5.32 Å². The van der Waals surface area contributed by atoms with Crippen LogP contribution in [0.15, 0.2) is 0 Å². The molecule has 2 fully saturated rings. The first-order valence-corrected chi connectivity index (χ1v) is 7.84. The van der Waals surface area contributed by atoms with E-state index in [1.807, 2.05) is 0 Å². The van der Waals surface area contributed by atoms with Crippen molar-refractivity contribution in [3.05, 3.63) is 0 Å². The Morgan fingerprint density at radius 2 is 2.00 bits per heavy atom. The van der Waals surface area contributed by atoms with Gasteiger partial charge in [0.2, 0.25) is 0 Å². The molecule has 0 spiro atoms. The summed E-state index contributed by atoms with van der Waals surface area (Å²) in [6.45, 7) is 6.43. The van der Waals surface area contributed by atoms with E-state index in [2.05, 4.69) is 29.2 Å². The Morgan fingerprint density at radius 1 is 1.22 bits per heavy atom. The van der Waals surface area contributed by atoms with Gasteiger partial charge in [-0.1, -0.05) is 0 Å². The lowest BCUT2D eigenvalue weighted by Crippen LogP contribution is -2.36. The van der Waals surface area contributed by atoms with Gasteiger partial charge in [0.25, 0.3) is 0 Å². The predicted molar refractivity (Wildman–Crippen MR) is 78.0 cm³/mol. The molecule has 0 saturated carbocycles. The van der Waals surface area contributed by atoms with E-state index in [4.69, 9.17) is 0 Å². The molecule has 0 aromatic carbocycles. The van der Waals surface area contributed by atoms with Crippen molar-refractivity contribution < 1.29 is 0 Å². The zero-order chi connectivity index (χ0) is 12.8. The third-order valence-electron chi connectivity index (χ3n) is 4.66. The van der Waals surface area contributed by atoms with Crippen LogP contribution in [-0.2, 0) is 0 Å². The first-order valence-electron chi connectivity index (χ1n) is 7.84. The van der Waals surface area contributed by atoms with Crippen molar-refractivity contribution in [2.24, 2.45) is 5.92 Å². The predicted octanol–water partition coefficient (Wildman–Crippen LogP) is 1.79. The van der Waals surface area contributed by atoms with Crippen molar-refractivity contribution in [1.82, 2.24) is 15.1 Å². The maximum Gasteiger partial charge on any atom is 0.00680 e. The van der Waals surface area contributed by atoms with Crippen molar-refractivity contribution in [3.8, 4) is 0 Å². The molecule has 1 atom stereocenters. The molecule has 1 N–H and O–H groups in total. The number of hydrogen-bond donors (Lipinski definition) is 1. The molecular formula is C15H31N3. The highest BCUT2D eigenvalue weighted by molar-refractivity contribution is 4.75. The molecule has 3 heteroatoms. The fraction of sp³-hybridized carbons (Fsp3) is 1.00. The van der Waals surface area contributed by atoms with Crippen molar-refractivity contribution in [2.75, 3.05) is 46.8 Å². The van der Waals surface area contributed by atoms with E-state index < -0.39 is 0 Å². The average molecular weight is 253 g/mol. The van der Waals surface area contributed by atoms with Crippen molar-refractivity contribution >= 4 is 0 Å². The molecule has 2 heterocycles. The zero-order valence-corrected chi connectivity index (χ0v) is 12.3. The lowest BCUT2D eigenvalue weighted by atomic mass is 9.96. The molecule has 2 aliphatic rings. The molecular weight excluding hydrogens is 222 g/mol. The highest BCUT2D eigenvalue weighted by atomic mass is 15.1. The molecule has 0 bridgehead atoms. The minimum Gasteiger partial charge on any atom is -0.314 e. The Hall–Kier alpha value is -0.120. The Labute approximate surface area is 113 Å². The lowest BCUT2D eigenvalue weighted by Gasteiger charge is -2.31. The summed E-state index contributed by atoms with van der Waals surface area (Å²) >= 11 is 0. The SMILES string of the molecule is CN1CCC(CN(C)CCCC2CCCN2)CC1. The molecule has 106 valence electrons. The topological polar surface area (TPSA) is 18.5 Å². The van der Waals surface area contributed by atoms with E-state index >= 15 is 0 Å². The van der Waals surface area contributed by atoms with Crippen LogP contribution in [0.25, 0.3) is 0 Å². The first kappa shape index (κ1) is 14.3. The van der Waals surface area contributed by atoms with Gasteiger partial charge in [0.05, 0.1) is 0 Å². The molecule has 0 aromatic heterocycles. The van der Waals surface area contributed by atoms with Crippen LogP contribution >= 0.6 is 0 Å². The van der Waals surface area contributed by atoms with Gasteiger partial charge in [0.15, 0.2) is 0 Å². The standard InChI is InChI=1S/C15H31N3/c1-17-11-7-14(8-12-17)13-18(2)10-4-6-15-5-3-9-16-15/h14-16H,3-13H2,1-2H3. The largest absolute Gasteiger partial charge is 0.314 e. The molecule has 2 aliphatic heterocycles. The molecule has 0 aliphatic carbocycles. The second-order valence-electron chi connectivity index (χ2n) is 6.44. The Balaban J connectivity index is 1.52. The Kier molecular flexibility index (Phi) is 5.93. The summed E-state index contributed by atoms with van der Waals surface area (Å²) in [7, 11) is 4.55. The van der Waals surface area contributed by atoms with Gasteiger partial charge in [-0.15, -0.1) is 0 Å². The van der Waals surface area contributed by atoms with Crippen LogP contribution in [0, 0.1) is 5.92 Å². The van der Waals surface area contributed by atoms with E-state index in [1.54, 1.807) is 0 Å². The molecule has 18 heavy (non-hydrogen) atoms. The van der Waals surface area contributed by atoms with Crippen molar-refractivity contribution in [1.29, 1.82) is 0 Å². The van der Waals surface area contributed by atoms with E-state index in [0.717, 1.165) is 12.0 Å². The molecule has 0 amide bonds. The van der Waals surface area contributed by atoms with Crippen LogP contribution in [0.1, 0.15) is 38.5 Å². The average Bonchev–Trinajstić information content (AvgIpc) is 2.85. The third kappa shape index (κ3) is 4.87. The monoisotopic (exact) mass is 253 g/mol. The van der Waals surface area contributed by atoms with Gasteiger partial charge in [-0.25, -0.2) is 0 Å². The summed E-state index contributed by atoms with van der Waals surface area (Å²) < 4.78 is 0. The van der Waals surface area contributed by atoms with E-state index in [9.17, 15) is 0 Å². The maximum atomic E-state index is 3.59.